The molecule has 9 heteroatoms. The van der Waals surface area contributed by atoms with Crippen molar-refractivity contribution >= 4 is 13.7 Å². The first-order valence-electron chi connectivity index (χ1n) is 25.1. The summed E-state index contributed by atoms with van der Waals surface area (Å²) in [5.74, 6) is -0.226. The third-order valence-corrected chi connectivity index (χ3v) is 11.5. The SMILES string of the molecule is CC/C=C\C/C=C\C/C=C\C/C=C\C/C=C\CCCCCC(=O)NC(COP(=O)(O)OCC[N+](C)(C)C)C(O)/C=C/CC/C=C/CC/C=C/CCCCCCCCCCCCCC. The van der Waals surface area contributed by atoms with Gasteiger partial charge in [0.25, 0.3) is 0 Å². The number of unbranched alkanes of at least 4 members (excludes halogenated alkanes) is 17. The molecule has 0 radical (unpaired) electrons. The smallest absolute Gasteiger partial charge is 0.387 e. The Bertz CT molecular complexity index is 1340. The summed E-state index contributed by atoms with van der Waals surface area (Å²) in [6.07, 6.45) is 63.5. The van der Waals surface area contributed by atoms with E-state index < -0.39 is 20.0 Å². The summed E-state index contributed by atoms with van der Waals surface area (Å²) >= 11 is 0. The molecule has 0 aliphatic heterocycles. The van der Waals surface area contributed by atoms with Gasteiger partial charge in [0.2, 0.25) is 5.91 Å². The summed E-state index contributed by atoms with van der Waals surface area (Å²) in [4.78, 5) is 23.2. The number of nitrogens with one attached hydrogen (secondary N) is 1. The third-order valence-electron chi connectivity index (χ3n) is 10.5. The molecule has 0 saturated heterocycles. The number of rotatable bonds is 44. The van der Waals surface area contributed by atoms with Crippen LogP contribution in [0.25, 0.3) is 0 Å². The zero-order valence-corrected chi connectivity index (χ0v) is 41.9. The number of carbonyl (C=O) groups excluding carboxylic acids is 1. The third kappa shape index (κ3) is 47.2. The number of phosphoric ester groups is 1. The number of hydrogen-bond acceptors (Lipinski definition) is 5. The second-order valence-electron chi connectivity index (χ2n) is 17.8. The normalized spacial score (nSPS) is 15.0. The largest absolute Gasteiger partial charge is 0.472 e. The topological polar surface area (TPSA) is 105 Å². The number of aliphatic hydroxyl groups excluding tert-OH is 1. The Hall–Kier alpha value is -2.58. The van der Waals surface area contributed by atoms with Gasteiger partial charge in [-0.1, -0.05) is 188 Å². The lowest BCUT2D eigenvalue weighted by molar-refractivity contribution is -0.870. The molecule has 0 spiro atoms. The van der Waals surface area contributed by atoms with E-state index in [1.165, 1.54) is 83.5 Å². The molecule has 3 unspecified atom stereocenters. The van der Waals surface area contributed by atoms with Crippen LogP contribution in [0.2, 0.25) is 0 Å². The summed E-state index contributed by atoms with van der Waals surface area (Å²) in [6.45, 7) is 4.63. The van der Waals surface area contributed by atoms with Gasteiger partial charge in [-0.2, -0.15) is 0 Å². The van der Waals surface area contributed by atoms with Crippen molar-refractivity contribution < 1.29 is 32.9 Å². The van der Waals surface area contributed by atoms with Gasteiger partial charge in [0, 0.05) is 6.42 Å². The van der Waals surface area contributed by atoms with Crippen LogP contribution in [0.15, 0.2) is 97.2 Å². The first kappa shape index (κ1) is 60.4. The summed E-state index contributed by atoms with van der Waals surface area (Å²) < 4.78 is 23.6. The van der Waals surface area contributed by atoms with Gasteiger partial charge in [-0.05, 0) is 89.9 Å². The molecule has 3 N–H and O–H groups in total. The van der Waals surface area contributed by atoms with Gasteiger partial charge in [-0.3, -0.25) is 13.8 Å². The van der Waals surface area contributed by atoms with Crippen LogP contribution in [0.3, 0.4) is 0 Å². The highest BCUT2D eigenvalue weighted by atomic mass is 31.2. The molecule has 362 valence electrons. The van der Waals surface area contributed by atoms with E-state index in [9.17, 15) is 19.4 Å². The first-order valence-corrected chi connectivity index (χ1v) is 26.6. The fourth-order valence-corrected chi connectivity index (χ4v) is 7.30. The minimum Gasteiger partial charge on any atom is -0.387 e. The number of quaternary nitrogens is 1. The van der Waals surface area contributed by atoms with Gasteiger partial charge >= 0.3 is 7.82 Å². The minimum atomic E-state index is -4.37. The molecule has 0 aliphatic carbocycles. The maximum atomic E-state index is 12.9. The molecule has 0 heterocycles. The number of phosphoric acid groups is 1. The second-order valence-corrected chi connectivity index (χ2v) is 19.2. The van der Waals surface area contributed by atoms with Gasteiger partial charge in [0.05, 0.1) is 39.9 Å². The quantitative estimate of drug-likeness (QED) is 0.0243. The Morgan fingerprint density at radius 3 is 1.46 bits per heavy atom. The molecule has 0 aromatic heterocycles. The second kappa shape index (κ2) is 44.6. The van der Waals surface area contributed by atoms with E-state index in [0.717, 1.165) is 77.0 Å². The molecule has 0 fully saturated rings. The molecule has 0 saturated carbocycles. The van der Waals surface area contributed by atoms with E-state index in [-0.39, 0.29) is 19.1 Å². The van der Waals surface area contributed by atoms with Gasteiger partial charge in [-0.25, -0.2) is 4.57 Å². The summed E-state index contributed by atoms with van der Waals surface area (Å²) in [6, 6.07) is -0.894. The molecule has 63 heavy (non-hydrogen) atoms. The van der Waals surface area contributed by atoms with Crippen LogP contribution in [0.5, 0.6) is 0 Å². The standard InChI is InChI=1S/C54H95N2O6P/c1-6-8-10-12-14-16-18-20-22-24-26-27-28-30-31-33-35-37-39-41-43-45-47-53(57)52(51-62-63(59,60)61-50-49-56(3,4)5)55-54(58)48-46-44-42-40-38-36-34-32-29-25-23-21-19-17-15-13-11-9-7-2/h9,11,15,17,21,23,29-32,36-39,45,47,52-53,57H,6-8,10,12-14,16,18-20,22,24-28,33-35,40-44,46,48-51H2,1-5H3,(H-,55,58,59,60)/p+1/b11-9-,17-15-,23-21-,31-30+,32-29-,38-36-,39-37+,47-45+. The number of likely N-dealkylation sites (N-methyl/N-ethyl adjacent to an activating group) is 1. The molecule has 0 aromatic rings. The predicted molar refractivity (Wildman–Crippen MR) is 272 cm³/mol. The van der Waals surface area contributed by atoms with Crippen molar-refractivity contribution in [3.8, 4) is 0 Å². The summed E-state index contributed by atoms with van der Waals surface area (Å²) in [5, 5.41) is 13.8. The predicted octanol–water partition coefficient (Wildman–Crippen LogP) is 14.7. The Morgan fingerprint density at radius 2 is 0.968 bits per heavy atom. The fourth-order valence-electron chi connectivity index (χ4n) is 6.57. The van der Waals surface area contributed by atoms with Gasteiger partial charge in [0.15, 0.2) is 0 Å². The molecule has 0 aliphatic rings. The number of hydrogen-bond donors (Lipinski definition) is 3. The zero-order chi connectivity index (χ0) is 46.4. The van der Waals surface area contributed by atoms with E-state index in [1.807, 2.05) is 27.2 Å². The lowest BCUT2D eigenvalue weighted by Gasteiger charge is -2.25. The molecular weight excluding hydrogens is 804 g/mol. The van der Waals surface area contributed by atoms with Crippen LogP contribution in [0, 0.1) is 0 Å². The van der Waals surface area contributed by atoms with Crippen LogP contribution in [-0.4, -0.2) is 73.4 Å². The number of amides is 1. The minimum absolute atomic E-state index is 0.0413. The van der Waals surface area contributed by atoms with Crippen LogP contribution in [0.4, 0.5) is 0 Å². The fraction of sp³-hybridized carbons (Fsp3) is 0.685. The maximum absolute atomic E-state index is 12.9. The number of carbonyl (C=O) groups is 1. The Balaban J connectivity index is 4.50. The monoisotopic (exact) mass is 900 g/mol. The van der Waals surface area contributed by atoms with E-state index in [4.69, 9.17) is 9.05 Å². The van der Waals surface area contributed by atoms with E-state index >= 15 is 0 Å². The first-order chi connectivity index (χ1) is 30.5. The van der Waals surface area contributed by atoms with Crippen LogP contribution >= 0.6 is 7.82 Å². The average Bonchev–Trinajstić information content (AvgIpc) is 3.24. The van der Waals surface area contributed by atoms with E-state index in [0.29, 0.717) is 23.9 Å². The summed E-state index contributed by atoms with van der Waals surface area (Å²) in [7, 11) is 1.51. The maximum Gasteiger partial charge on any atom is 0.472 e. The van der Waals surface area contributed by atoms with Crippen LogP contribution in [0.1, 0.15) is 187 Å². The lowest BCUT2D eigenvalue weighted by atomic mass is 10.0. The number of nitrogens with zero attached hydrogens (tertiary/aromatic N) is 1. The van der Waals surface area contributed by atoms with Crippen molar-refractivity contribution in [2.24, 2.45) is 0 Å². The Labute approximate surface area is 388 Å². The molecule has 3 atom stereocenters. The highest BCUT2D eigenvalue weighted by molar-refractivity contribution is 7.47. The van der Waals surface area contributed by atoms with Crippen molar-refractivity contribution in [1.82, 2.24) is 5.32 Å². The number of allylic oxidation sites excluding steroid dienone is 15. The highest BCUT2D eigenvalue weighted by Gasteiger charge is 2.27. The molecular formula is C54H96N2O6P+. The Kier molecular flexibility index (Phi) is 42.8. The molecule has 0 bridgehead atoms. The van der Waals surface area contributed by atoms with Crippen LogP contribution in [-0.2, 0) is 18.4 Å². The summed E-state index contributed by atoms with van der Waals surface area (Å²) in [5.41, 5.74) is 0. The van der Waals surface area contributed by atoms with Crippen molar-refractivity contribution in [3.05, 3.63) is 97.2 Å². The van der Waals surface area contributed by atoms with Crippen molar-refractivity contribution in [3.63, 3.8) is 0 Å². The van der Waals surface area contributed by atoms with Gasteiger partial charge in [-0.15, -0.1) is 0 Å². The number of aliphatic hydroxyl groups is 1. The van der Waals surface area contributed by atoms with E-state index in [1.54, 1.807) is 6.08 Å². The molecule has 0 aromatic carbocycles. The molecule has 0 rings (SSSR count). The van der Waals surface area contributed by atoms with Crippen molar-refractivity contribution in [1.29, 1.82) is 0 Å². The lowest BCUT2D eigenvalue weighted by Crippen LogP contribution is -2.45. The zero-order valence-electron chi connectivity index (χ0n) is 41.0. The Morgan fingerprint density at radius 1 is 0.556 bits per heavy atom. The molecule has 8 nitrogen and oxygen atoms in total. The van der Waals surface area contributed by atoms with Crippen molar-refractivity contribution in [2.45, 2.75) is 199 Å². The molecule has 1 amide bonds. The highest BCUT2D eigenvalue weighted by Crippen LogP contribution is 2.43. The van der Waals surface area contributed by atoms with Crippen molar-refractivity contribution in [2.75, 3.05) is 40.9 Å². The van der Waals surface area contributed by atoms with E-state index in [2.05, 4.69) is 104 Å². The van der Waals surface area contributed by atoms with Gasteiger partial charge < -0.3 is 19.8 Å². The average molecular weight is 900 g/mol. The van der Waals surface area contributed by atoms with Gasteiger partial charge in [0.1, 0.15) is 13.2 Å². The van der Waals surface area contributed by atoms with Crippen LogP contribution < -0.4 is 5.32 Å².